The number of nitrogens with zero attached hydrogens (tertiary/aromatic N) is 1. The molecule has 0 bridgehead atoms. The van der Waals surface area contributed by atoms with E-state index >= 15 is 0 Å². The van der Waals surface area contributed by atoms with E-state index in [1.807, 2.05) is 45.0 Å². The Hall–Kier alpha value is -3.80. The van der Waals surface area contributed by atoms with E-state index in [4.69, 9.17) is 0 Å². The molecule has 0 spiro atoms. The molecule has 1 N–H and O–H groups in total. The van der Waals surface area contributed by atoms with E-state index in [0.717, 1.165) is 34.9 Å². The lowest BCUT2D eigenvalue weighted by molar-refractivity contribution is -0.120. The van der Waals surface area contributed by atoms with Crippen LogP contribution in [0.15, 0.2) is 66.4 Å². The standard InChI is InChI=1S/C25H20F2N2O2/c1-14-8-10-18(16(3)12-14)22-23(28-20-7-5-4-6-15(20)2)25(31)29(24(22)30)21-13-17(26)9-11-19(21)27/h4-13,28H,1-3H3. The van der Waals surface area contributed by atoms with E-state index in [1.165, 1.54) is 0 Å². The van der Waals surface area contributed by atoms with Crippen LogP contribution in [0.3, 0.4) is 0 Å². The molecule has 0 fully saturated rings. The minimum Gasteiger partial charge on any atom is -0.350 e. The van der Waals surface area contributed by atoms with Gasteiger partial charge in [0, 0.05) is 11.8 Å². The van der Waals surface area contributed by atoms with Crippen molar-refractivity contribution in [2.45, 2.75) is 20.8 Å². The van der Waals surface area contributed by atoms with Gasteiger partial charge in [-0.05, 0) is 55.7 Å². The van der Waals surface area contributed by atoms with Crippen molar-refractivity contribution in [3.05, 3.63) is 100 Å². The van der Waals surface area contributed by atoms with Crippen LogP contribution in [-0.2, 0) is 9.59 Å². The summed E-state index contributed by atoms with van der Waals surface area (Å²) < 4.78 is 28.3. The van der Waals surface area contributed by atoms with Crippen molar-refractivity contribution >= 4 is 28.8 Å². The van der Waals surface area contributed by atoms with Gasteiger partial charge in [0.05, 0.1) is 11.3 Å². The molecular weight excluding hydrogens is 398 g/mol. The van der Waals surface area contributed by atoms with Crippen molar-refractivity contribution in [1.82, 2.24) is 0 Å². The number of aryl methyl sites for hydroxylation is 3. The van der Waals surface area contributed by atoms with Crippen LogP contribution in [0.5, 0.6) is 0 Å². The van der Waals surface area contributed by atoms with Crippen LogP contribution in [0, 0.1) is 32.4 Å². The number of rotatable bonds is 4. The third kappa shape index (κ3) is 3.61. The Morgan fingerprint density at radius 1 is 0.806 bits per heavy atom. The molecule has 1 aliphatic heterocycles. The van der Waals surface area contributed by atoms with Crippen molar-refractivity contribution in [2.24, 2.45) is 0 Å². The zero-order valence-electron chi connectivity index (χ0n) is 17.3. The molecule has 0 aliphatic carbocycles. The average molecular weight is 418 g/mol. The highest BCUT2D eigenvalue weighted by molar-refractivity contribution is 6.46. The van der Waals surface area contributed by atoms with Crippen LogP contribution in [0.4, 0.5) is 20.2 Å². The first-order valence-corrected chi connectivity index (χ1v) is 9.76. The van der Waals surface area contributed by atoms with Crippen molar-refractivity contribution in [3.8, 4) is 0 Å². The Labute approximate surface area is 178 Å². The maximum atomic E-state index is 14.5. The number of carbonyl (C=O) groups excluding carboxylic acids is 2. The van der Waals surface area contributed by atoms with E-state index in [2.05, 4.69) is 5.32 Å². The number of nitrogens with one attached hydrogen (secondary N) is 1. The first kappa shape index (κ1) is 20.5. The topological polar surface area (TPSA) is 49.4 Å². The van der Waals surface area contributed by atoms with Gasteiger partial charge >= 0.3 is 0 Å². The number of carbonyl (C=O) groups is 2. The molecular formula is C25H20F2N2O2. The predicted molar refractivity (Wildman–Crippen MR) is 116 cm³/mol. The molecule has 0 aromatic heterocycles. The fourth-order valence-electron chi connectivity index (χ4n) is 3.71. The summed E-state index contributed by atoms with van der Waals surface area (Å²) in [5, 5.41) is 3.06. The van der Waals surface area contributed by atoms with Gasteiger partial charge < -0.3 is 5.32 Å². The van der Waals surface area contributed by atoms with E-state index in [0.29, 0.717) is 16.2 Å². The molecule has 0 saturated heterocycles. The second-order valence-corrected chi connectivity index (χ2v) is 7.55. The Bertz CT molecular complexity index is 1260. The molecule has 156 valence electrons. The summed E-state index contributed by atoms with van der Waals surface area (Å²) in [6.07, 6.45) is 0. The lowest BCUT2D eigenvalue weighted by Gasteiger charge is -2.16. The molecule has 0 saturated carbocycles. The largest absolute Gasteiger partial charge is 0.350 e. The quantitative estimate of drug-likeness (QED) is 0.586. The Morgan fingerprint density at radius 2 is 1.55 bits per heavy atom. The fraction of sp³-hybridized carbons (Fsp3) is 0.120. The van der Waals surface area contributed by atoms with Crippen LogP contribution < -0.4 is 10.2 Å². The summed E-state index contributed by atoms with van der Waals surface area (Å²) in [4.78, 5) is 27.5. The summed E-state index contributed by atoms with van der Waals surface area (Å²) in [7, 11) is 0. The summed E-state index contributed by atoms with van der Waals surface area (Å²) in [5.41, 5.74) is 3.58. The number of amides is 2. The average Bonchev–Trinajstić information content (AvgIpc) is 2.95. The maximum Gasteiger partial charge on any atom is 0.282 e. The Morgan fingerprint density at radius 3 is 2.26 bits per heavy atom. The summed E-state index contributed by atoms with van der Waals surface area (Å²) in [6.45, 7) is 5.63. The zero-order chi connectivity index (χ0) is 22.3. The lowest BCUT2D eigenvalue weighted by Crippen LogP contribution is -2.33. The normalized spacial score (nSPS) is 13.9. The van der Waals surface area contributed by atoms with Gasteiger partial charge in [-0.15, -0.1) is 0 Å². The highest BCUT2D eigenvalue weighted by Crippen LogP contribution is 2.36. The molecule has 3 aromatic rings. The molecule has 0 radical (unpaired) electrons. The minimum absolute atomic E-state index is 0.0231. The third-order valence-electron chi connectivity index (χ3n) is 5.29. The third-order valence-corrected chi connectivity index (χ3v) is 5.29. The molecule has 4 rings (SSSR count). The number of imide groups is 1. The minimum atomic E-state index is -0.861. The second-order valence-electron chi connectivity index (χ2n) is 7.55. The lowest BCUT2D eigenvalue weighted by atomic mass is 9.97. The monoisotopic (exact) mass is 418 g/mol. The number of para-hydroxylation sites is 1. The van der Waals surface area contributed by atoms with Gasteiger partial charge in [-0.2, -0.15) is 0 Å². The summed E-state index contributed by atoms with van der Waals surface area (Å²) in [6, 6.07) is 15.5. The Kier molecular flexibility index (Phi) is 5.15. The second kappa shape index (κ2) is 7.80. The number of hydrogen-bond donors (Lipinski definition) is 1. The molecule has 1 aliphatic rings. The van der Waals surface area contributed by atoms with Gasteiger partial charge in [0.1, 0.15) is 17.3 Å². The van der Waals surface area contributed by atoms with E-state index in [-0.39, 0.29) is 11.3 Å². The van der Waals surface area contributed by atoms with Gasteiger partial charge in [0.25, 0.3) is 11.8 Å². The van der Waals surface area contributed by atoms with Crippen LogP contribution in [0.25, 0.3) is 5.57 Å². The van der Waals surface area contributed by atoms with E-state index in [1.54, 1.807) is 18.2 Å². The van der Waals surface area contributed by atoms with Gasteiger partial charge in [-0.3, -0.25) is 9.59 Å². The molecule has 6 heteroatoms. The highest BCUT2D eigenvalue weighted by Gasteiger charge is 2.42. The fourth-order valence-corrected chi connectivity index (χ4v) is 3.71. The van der Waals surface area contributed by atoms with Crippen molar-refractivity contribution in [2.75, 3.05) is 10.2 Å². The van der Waals surface area contributed by atoms with Crippen LogP contribution in [0.2, 0.25) is 0 Å². The Balaban J connectivity index is 1.91. The molecule has 31 heavy (non-hydrogen) atoms. The first-order chi connectivity index (χ1) is 14.8. The highest BCUT2D eigenvalue weighted by atomic mass is 19.1. The van der Waals surface area contributed by atoms with E-state index in [9.17, 15) is 18.4 Å². The molecule has 3 aromatic carbocycles. The van der Waals surface area contributed by atoms with Gasteiger partial charge in [-0.1, -0.05) is 42.0 Å². The molecule has 0 unspecified atom stereocenters. The number of anilines is 2. The number of hydrogen-bond acceptors (Lipinski definition) is 3. The number of benzene rings is 3. The molecule has 0 atom stereocenters. The number of halogens is 2. The van der Waals surface area contributed by atoms with Gasteiger partial charge in [-0.25, -0.2) is 13.7 Å². The predicted octanol–water partition coefficient (Wildman–Crippen LogP) is 5.29. The van der Waals surface area contributed by atoms with Crippen LogP contribution in [-0.4, -0.2) is 11.8 Å². The van der Waals surface area contributed by atoms with Crippen LogP contribution >= 0.6 is 0 Å². The van der Waals surface area contributed by atoms with Crippen molar-refractivity contribution in [3.63, 3.8) is 0 Å². The van der Waals surface area contributed by atoms with Crippen molar-refractivity contribution < 1.29 is 18.4 Å². The smallest absolute Gasteiger partial charge is 0.282 e. The SMILES string of the molecule is Cc1ccc(C2=C(Nc3ccccc3C)C(=O)N(c3cc(F)ccc3F)C2=O)c(C)c1. The summed E-state index contributed by atoms with van der Waals surface area (Å²) in [5.74, 6) is -3.06. The maximum absolute atomic E-state index is 14.5. The zero-order valence-corrected chi connectivity index (χ0v) is 17.3. The molecule has 1 heterocycles. The molecule has 4 nitrogen and oxygen atoms in total. The van der Waals surface area contributed by atoms with Gasteiger partial charge in [0.2, 0.25) is 0 Å². The van der Waals surface area contributed by atoms with Crippen LogP contribution in [0.1, 0.15) is 22.3 Å². The van der Waals surface area contributed by atoms with Crippen molar-refractivity contribution in [1.29, 1.82) is 0 Å². The van der Waals surface area contributed by atoms with E-state index < -0.39 is 29.1 Å². The molecule has 2 amide bonds. The first-order valence-electron chi connectivity index (χ1n) is 9.76. The van der Waals surface area contributed by atoms with Gasteiger partial charge in [0.15, 0.2) is 0 Å². The summed E-state index contributed by atoms with van der Waals surface area (Å²) >= 11 is 0.